The largest absolute Gasteiger partial charge is 0.460 e. The minimum atomic E-state index is -8.27. The highest BCUT2D eigenvalue weighted by Gasteiger charge is 2.93. The molecule has 0 aliphatic rings. The van der Waals surface area contributed by atoms with Crippen molar-refractivity contribution >= 4 is 0 Å². The van der Waals surface area contributed by atoms with Gasteiger partial charge in [0.25, 0.3) is 0 Å². The predicted molar refractivity (Wildman–Crippen MR) is 47.4 cm³/mol. The monoisotopic (exact) mass is 414 g/mol. The zero-order valence-corrected chi connectivity index (χ0v) is 11.3. The Bertz CT molecular complexity index is 476. The van der Waals surface area contributed by atoms with Crippen molar-refractivity contribution in [3.63, 3.8) is 0 Å². The van der Waals surface area contributed by atoms with Crippen molar-refractivity contribution < 1.29 is 70.6 Å². The van der Waals surface area contributed by atoms with Gasteiger partial charge in [-0.25, -0.2) is 0 Å². The first-order valence-corrected chi connectivity index (χ1v) is 5.53. The van der Waals surface area contributed by atoms with Crippen LogP contribution in [0.4, 0.5) is 65.9 Å². The number of hydrogen-bond donors (Lipinski definition) is 0. The number of alkyl halides is 15. The van der Waals surface area contributed by atoms with Crippen LogP contribution >= 0.6 is 0 Å². The molecule has 0 N–H and O–H groups in total. The van der Waals surface area contributed by atoms with E-state index in [2.05, 4.69) is 4.74 Å². The Morgan fingerprint density at radius 2 is 0.760 bits per heavy atom. The van der Waals surface area contributed by atoms with Gasteiger partial charge in [0.15, 0.2) is 0 Å². The van der Waals surface area contributed by atoms with Crippen LogP contribution in [0.5, 0.6) is 0 Å². The summed E-state index contributed by atoms with van der Waals surface area (Å²) in [6.45, 7) is -1.13. The van der Waals surface area contributed by atoms with Gasteiger partial charge in [0.1, 0.15) is 0 Å². The second-order valence-electron chi connectivity index (χ2n) is 4.32. The third-order valence-corrected chi connectivity index (χ3v) is 2.62. The topological polar surface area (TPSA) is 9.23 Å². The molecule has 0 rings (SSSR count). The van der Waals surface area contributed by atoms with Crippen molar-refractivity contribution in [3.8, 4) is 0 Å². The Hall–Kier alpha value is -1.09. The van der Waals surface area contributed by atoms with Crippen molar-refractivity contribution in [2.24, 2.45) is 0 Å². The fraction of sp³-hybridized carbons (Fsp3) is 1.00. The molecule has 0 aliphatic carbocycles. The van der Waals surface area contributed by atoms with Crippen LogP contribution in [0.3, 0.4) is 0 Å². The molecule has 0 aromatic rings. The average Bonchev–Trinajstić information content (AvgIpc) is 2.35. The van der Waals surface area contributed by atoms with E-state index in [9.17, 15) is 65.9 Å². The molecule has 1 nitrogen and oxygen atoms in total. The third-order valence-electron chi connectivity index (χ3n) is 2.62. The molecule has 0 amide bonds. The molecule has 25 heavy (non-hydrogen) atoms. The molecule has 0 fully saturated rings. The molecular weight excluding hydrogens is 409 g/mol. The minimum Gasteiger partial charge on any atom is -0.316 e. The zero-order valence-electron chi connectivity index (χ0n) is 11.3. The summed E-state index contributed by atoms with van der Waals surface area (Å²) in [7, 11) is 0. The maximum Gasteiger partial charge on any atom is 0.460 e. The lowest BCUT2D eigenvalue weighted by atomic mass is 9.93. The Morgan fingerprint density at radius 3 is 1.04 bits per heavy atom. The summed E-state index contributed by atoms with van der Waals surface area (Å²) < 4.78 is 191. The molecule has 0 saturated heterocycles. The summed E-state index contributed by atoms with van der Waals surface area (Å²) in [5.41, 5.74) is 0. The maximum atomic E-state index is 13.0. The first-order chi connectivity index (χ1) is 10.6. The summed E-state index contributed by atoms with van der Waals surface area (Å²) in [5, 5.41) is 0. The smallest absolute Gasteiger partial charge is 0.316 e. The van der Waals surface area contributed by atoms with E-state index in [1.54, 1.807) is 0 Å². The maximum absolute atomic E-state index is 13.0. The van der Waals surface area contributed by atoms with Crippen LogP contribution < -0.4 is 0 Å². The Balaban J connectivity index is 6.40. The van der Waals surface area contributed by atoms with E-state index in [1.807, 2.05) is 0 Å². The summed E-state index contributed by atoms with van der Waals surface area (Å²) in [6.07, 6.45) is -14.2. The van der Waals surface area contributed by atoms with Gasteiger partial charge in [0.05, 0.1) is 6.61 Å². The second-order valence-corrected chi connectivity index (χ2v) is 4.32. The van der Waals surface area contributed by atoms with Crippen LogP contribution in [0, 0.1) is 0 Å². The predicted octanol–water partition coefficient (Wildman–Crippen LogP) is 5.35. The number of rotatable bonds is 7. The lowest BCUT2D eigenvalue weighted by molar-refractivity contribution is -0.472. The molecule has 0 radical (unpaired) electrons. The van der Waals surface area contributed by atoms with Crippen molar-refractivity contribution in [1.82, 2.24) is 0 Å². The quantitative estimate of drug-likeness (QED) is 0.511. The molecule has 0 aromatic heterocycles. The van der Waals surface area contributed by atoms with E-state index in [0.29, 0.717) is 6.92 Å². The van der Waals surface area contributed by atoms with Crippen molar-refractivity contribution in [2.45, 2.75) is 48.8 Å². The zero-order chi connectivity index (χ0) is 20.9. The van der Waals surface area contributed by atoms with E-state index in [0.717, 1.165) is 0 Å². The molecule has 0 aliphatic heterocycles. The van der Waals surface area contributed by atoms with E-state index >= 15 is 0 Å². The Morgan fingerprint density at radius 1 is 0.480 bits per heavy atom. The molecule has 16 heteroatoms. The van der Waals surface area contributed by atoms with Gasteiger partial charge in [-0.15, -0.1) is 0 Å². The van der Waals surface area contributed by atoms with Gasteiger partial charge in [-0.3, -0.25) is 0 Å². The minimum absolute atomic E-state index is 0.437. The lowest BCUT2D eigenvalue weighted by Crippen LogP contribution is -2.72. The van der Waals surface area contributed by atoms with Crippen molar-refractivity contribution in [3.05, 3.63) is 0 Å². The molecule has 0 heterocycles. The van der Waals surface area contributed by atoms with E-state index < -0.39 is 48.5 Å². The summed E-state index contributed by atoms with van der Waals surface area (Å²) >= 11 is 0. The molecule has 152 valence electrons. The van der Waals surface area contributed by atoms with E-state index in [4.69, 9.17) is 0 Å². The van der Waals surface area contributed by atoms with Crippen LogP contribution in [0.2, 0.25) is 0 Å². The highest BCUT2D eigenvalue weighted by Crippen LogP contribution is 2.62. The fourth-order valence-electron chi connectivity index (χ4n) is 1.22. The van der Waals surface area contributed by atoms with E-state index in [-0.39, 0.29) is 0 Å². The van der Waals surface area contributed by atoms with Gasteiger partial charge in [0, 0.05) is 0 Å². The highest BCUT2D eigenvalue weighted by molar-refractivity contribution is 5.11. The average molecular weight is 414 g/mol. The van der Waals surface area contributed by atoms with Gasteiger partial charge in [0.2, 0.25) is 0 Å². The first kappa shape index (κ1) is 23.9. The molecule has 0 saturated carbocycles. The van der Waals surface area contributed by atoms with Crippen LogP contribution in [0.25, 0.3) is 0 Å². The highest BCUT2D eigenvalue weighted by atomic mass is 19.4. The van der Waals surface area contributed by atoms with Crippen LogP contribution in [-0.2, 0) is 4.74 Å². The van der Waals surface area contributed by atoms with Gasteiger partial charge in [-0.2, -0.15) is 65.9 Å². The normalized spacial score (nSPS) is 16.3. The van der Waals surface area contributed by atoms with Crippen molar-refractivity contribution in [1.29, 1.82) is 0 Å². The van der Waals surface area contributed by atoms with Gasteiger partial charge < -0.3 is 4.74 Å². The molecule has 0 atom stereocenters. The number of hydrogen-bond acceptors (Lipinski definition) is 1. The van der Waals surface area contributed by atoms with E-state index in [1.165, 1.54) is 0 Å². The van der Waals surface area contributed by atoms with Gasteiger partial charge >= 0.3 is 41.9 Å². The van der Waals surface area contributed by atoms with Gasteiger partial charge in [-0.1, -0.05) is 0 Å². The Labute approximate surface area is 127 Å². The van der Waals surface area contributed by atoms with Crippen LogP contribution in [0.1, 0.15) is 6.92 Å². The SMILES string of the molecule is CCOC(F)(F)C(F)(F)C(F)(F)C(F)(F)C(F)(F)C(F)(F)C(F)(F)F. The molecule has 0 unspecified atom stereocenters. The second kappa shape index (κ2) is 5.97. The molecule has 0 bridgehead atoms. The fourth-order valence-corrected chi connectivity index (χ4v) is 1.22. The standard InChI is InChI=1S/C9H5F15O/c1-2-25-9(23,24)7(18,19)5(14,15)3(10,11)4(12,13)6(16,17)8(20,21)22/h2H2,1H3. The summed E-state index contributed by atoms with van der Waals surface area (Å²) in [6, 6.07) is 0. The van der Waals surface area contributed by atoms with Gasteiger partial charge in [-0.05, 0) is 6.92 Å². The summed E-state index contributed by atoms with van der Waals surface area (Å²) in [4.78, 5) is 0. The van der Waals surface area contributed by atoms with Crippen LogP contribution in [0.15, 0.2) is 0 Å². The third kappa shape index (κ3) is 3.09. The van der Waals surface area contributed by atoms with Crippen molar-refractivity contribution in [2.75, 3.05) is 6.61 Å². The summed E-state index contributed by atoms with van der Waals surface area (Å²) in [5.74, 6) is -40.2. The molecular formula is C9H5F15O. The molecule has 0 spiro atoms. The Kier molecular flexibility index (Phi) is 5.71. The first-order valence-electron chi connectivity index (χ1n) is 5.53. The molecule has 0 aromatic carbocycles. The lowest BCUT2D eigenvalue weighted by Gasteiger charge is -2.41. The number of ether oxygens (including phenoxy) is 1. The van der Waals surface area contributed by atoms with Crippen LogP contribution in [-0.4, -0.2) is 48.5 Å². The number of halogens is 15.